The highest BCUT2D eigenvalue weighted by Gasteiger charge is 2.22. The fourth-order valence-electron chi connectivity index (χ4n) is 2.06. The maximum absolute atomic E-state index is 11.9. The summed E-state index contributed by atoms with van der Waals surface area (Å²) in [6, 6.07) is 5.78. The summed E-state index contributed by atoms with van der Waals surface area (Å²) in [6.45, 7) is 1.79. The summed E-state index contributed by atoms with van der Waals surface area (Å²) in [6.07, 6.45) is 0.331. The minimum Gasteiger partial charge on any atom is -0.497 e. The highest BCUT2D eigenvalue weighted by Crippen LogP contribution is 2.17. The molecule has 0 fully saturated rings. The number of benzene rings is 1. The normalized spacial score (nSPS) is 12.2. The van der Waals surface area contributed by atoms with E-state index in [1.54, 1.807) is 31.4 Å². The number of nitrogens with one attached hydrogen (secondary N) is 1. The van der Waals surface area contributed by atoms with Crippen molar-refractivity contribution in [2.75, 3.05) is 25.2 Å². The van der Waals surface area contributed by atoms with Gasteiger partial charge in [0.25, 0.3) is 0 Å². The molecule has 1 rings (SSSR count). The van der Waals surface area contributed by atoms with Gasteiger partial charge in [-0.2, -0.15) is 0 Å². The lowest BCUT2D eigenvalue weighted by Gasteiger charge is -2.14. The first-order chi connectivity index (χ1) is 12.3. The molecule has 0 bridgehead atoms. The van der Waals surface area contributed by atoms with Crippen LogP contribution in [0.3, 0.4) is 0 Å². The van der Waals surface area contributed by atoms with Crippen LogP contribution < -0.4 is 14.8 Å². The maximum atomic E-state index is 11.9. The van der Waals surface area contributed by atoms with Crippen LogP contribution in [0.4, 0.5) is 0 Å². The molecule has 0 radical (unpaired) electrons. The second-order valence-corrected chi connectivity index (χ2v) is 8.08. The van der Waals surface area contributed by atoms with Crippen LogP contribution in [0, 0.1) is 0 Å². The van der Waals surface area contributed by atoms with Crippen LogP contribution in [0.1, 0.15) is 26.2 Å². The highest BCUT2D eigenvalue weighted by molar-refractivity contribution is 7.91. The van der Waals surface area contributed by atoms with E-state index >= 15 is 0 Å². The van der Waals surface area contributed by atoms with Crippen LogP contribution in [0.25, 0.3) is 0 Å². The number of aliphatic carboxylic acids is 1. The van der Waals surface area contributed by atoms with E-state index in [1.807, 2.05) is 0 Å². The van der Waals surface area contributed by atoms with Gasteiger partial charge in [0.15, 0.2) is 0 Å². The highest BCUT2D eigenvalue weighted by atomic mass is 32.2. The number of hydrogen-bond acceptors (Lipinski definition) is 6. The Kier molecular flexibility index (Phi) is 8.91. The van der Waals surface area contributed by atoms with Gasteiger partial charge in [0.05, 0.1) is 19.5 Å². The molecule has 0 spiro atoms. The first-order valence-electron chi connectivity index (χ1n) is 8.27. The number of ether oxygens (including phenoxy) is 2. The van der Waals surface area contributed by atoms with Gasteiger partial charge in [0.2, 0.25) is 5.91 Å². The van der Waals surface area contributed by atoms with Gasteiger partial charge in [-0.05, 0) is 37.1 Å². The lowest BCUT2D eigenvalue weighted by molar-refractivity contribution is -0.141. The lowest BCUT2D eigenvalue weighted by atomic mass is 10.2. The fourth-order valence-corrected chi connectivity index (χ4v) is 2.94. The second kappa shape index (κ2) is 10.6. The quantitative estimate of drug-likeness (QED) is 0.518. The molecule has 0 aromatic heterocycles. The zero-order valence-corrected chi connectivity index (χ0v) is 15.8. The minimum atomic E-state index is -3.28. The molecule has 1 atom stereocenters. The van der Waals surface area contributed by atoms with Crippen molar-refractivity contribution < 1.29 is 32.6 Å². The van der Waals surface area contributed by atoms with E-state index in [0.717, 1.165) is 0 Å². The van der Waals surface area contributed by atoms with E-state index in [9.17, 15) is 18.0 Å². The van der Waals surface area contributed by atoms with E-state index in [-0.39, 0.29) is 24.3 Å². The van der Waals surface area contributed by atoms with Crippen LogP contribution in [0.15, 0.2) is 24.3 Å². The van der Waals surface area contributed by atoms with Crippen molar-refractivity contribution in [2.45, 2.75) is 32.2 Å². The van der Waals surface area contributed by atoms with Crippen molar-refractivity contribution in [3.63, 3.8) is 0 Å². The summed E-state index contributed by atoms with van der Waals surface area (Å²) in [4.78, 5) is 23.0. The third-order valence-corrected chi connectivity index (χ3v) is 5.40. The molecule has 0 aliphatic carbocycles. The van der Waals surface area contributed by atoms with Crippen molar-refractivity contribution in [2.24, 2.45) is 0 Å². The Morgan fingerprint density at radius 3 is 2.35 bits per heavy atom. The first-order valence-corrected chi connectivity index (χ1v) is 10.1. The zero-order valence-electron chi connectivity index (χ0n) is 14.9. The van der Waals surface area contributed by atoms with Crippen LogP contribution in [0.5, 0.6) is 11.5 Å². The predicted molar refractivity (Wildman–Crippen MR) is 96.2 cm³/mol. The Hall–Kier alpha value is -2.29. The summed E-state index contributed by atoms with van der Waals surface area (Å²) < 4.78 is 33.5. The third kappa shape index (κ3) is 8.19. The molecule has 1 unspecified atom stereocenters. The summed E-state index contributed by atoms with van der Waals surface area (Å²) in [5.74, 6) is -0.693. The molecule has 0 saturated heterocycles. The van der Waals surface area contributed by atoms with Crippen LogP contribution >= 0.6 is 0 Å². The molecule has 1 amide bonds. The number of carbonyl (C=O) groups is 2. The number of carboxylic acid groups (broad SMARTS) is 1. The Morgan fingerprint density at radius 1 is 1.19 bits per heavy atom. The molecule has 0 heterocycles. The van der Waals surface area contributed by atoms with Crippen LogP contribution in [-0.4, -0.2) is 56.7 Å². The summed E-state index contributed by atoms with van der Waals surface area (Å²) in [5.41, 5.74) is 0. The standard InChI is InChI=1S/C17H25NO7S/c1-3-26(22,23)12-10-15(17(20)21)18-16(19)5-4-11-25-14-8-6-13(24-2)7-9-14/h6-9,15H,3-5,10-12H2,1-2H3,(H,18,19)(H,20,21). The van der Waals surface area contributed by atoms with E-state index in [4.69, 9.17) is 14.6 Å². The van der Waals surface area contributed by atoms with Gasteiger partial charge in [-0.3, -0.25) is 4.79 Å². The third-order valence-electron chi connectivity index (χ3n) is 3.67. The first kappa shape index (κ1) is 21.8. The van der Waals surface area contributed by atoms with Crippen molar-refractivity contribution >= 4 is 21.7 Å². The molecule has 26 heavy (non-hydrogen) atoms. The van der Waals surface area contributed by atoms with E-state index in [2.05, 4.69) is 5.32 Å². The average Bonchev–Trinajstić information content (AvgIpc) is 2.62. The molecule has 0 aliphatic rings. The van der Waals surface area contributed by atoms with Crippen molar-refractivity contribution in [1.82, 2.24) is 5.32 Å². The van der Waals surface area contributed by atoms with Gasteiger partial charge in [0, 0.05) is 12.2 Å². The molecule has 1 aromatic carbocycles. The zero-order chi connectivity index (χ0) is 19.6. The van der Waals surface area contributed by atoms with Crippen molar-refractivity contribution in [1.29, 1.82) is 0 Å². The SMILES string of the molecule is CCS(=O)(=O)CCC(NC(=O)CCCOc1ccc(OC)cc1)C(=O)O. The smallest absolute Gasteiger partial charge is 0.326 e. The molecular formula is C17H25NO7S. The molecule has 0 aliphatic heterocycles. The number of rotatable bonds is 12. The number of carboxylic acids is 1. The minimum absolute atomic E-state index is 0.0595. The van der Waals surface area contributed by atoms with Gasteiger partial charge in [-0.1, -0.05) is 6.92 Å². The Bertz CT molecular complexity index is 686. The second-order valence-electron chi connectivity index (χ2n) is 5.61. The van der Waals surface area contributed by atoms with Crippen LogP contribution in [-0.2, 0) is 19.4 Å². The number of methoxy groups -OCH3 is 1. The Morgan fingerprint density at radius 2 is 1.81 bits per heavy atom. The van der Waals surface area contributed by atoms with E-state index in [1.165, 1.54) is 6.92 Å². The van der Waals surface area contributed by atoms with Gasteiger partial charge >= 0.3 is 5.97 Å². The summed E-state index contributed by atoms with van der Waals surface area (Å²) in [5, 5.41) is 11.5. The number of sulfone groups is 1. The number of carbonyl (C=O) groups excluding carboxylic acids is 1. The lowest BCUT2D eigenvalue weighted by Crippen LogP contribution is -2.42. The fraction of sp³-hybridized carbons (Fsp3) is 0.529. The largest absolute Gasteiger partial charge is 0.497 e. The summed E-state index contributed by atoms with van der Waals surface area (Å²) >= 11 is 0. The molecular weight excluding hydrogens is 362 g/mol. The summed E-state index contributed by atoms with van der Waals surface area (Å²) in [7, 11) is -1.72. The predicted octanol–water partition coefficient (Wildman–Crippen LogP) is 1.25. The monoisotopic (exact) mass is 387 g/mol. The van der Waals surface area contributed by atoms with E-state index < -0.39 is 27.8 Å². The molecule has 0 saturated carbocycles. The number of amides is 1. The molecule has 8 nitrogen and oxygen atoms in total. The van der Waals surface area contributed by atoms with E-state index in [0.29, 0.717) is 24.5 Å². The van der Waals surface area contributed by atoms with Gasteiger partial charge in [-0.15, -0.1) is 0 Å². The molecule has 1 aromatic rings. The van der Waals surface area contributed by atoms with Crippen molar-refractivity contribution in [3.8, 4) is 11.5 Å². The Labute approximate surface area is 153 Å². The van der Waals surface area contributed by atoms with Gasteiger partial charge in [-0.25, -0.2) is 13.2 Å². The van der Waals surface area contributed by atoms with Crippen LogP contribution in [0.2, 0.25) is 0 Å². The van der Waals surface area contributed by atoms with Gasteiger partial charge in [0.1, 0.15) is 27.4 Å². The van der Waals surface area contributed by atoms with Crippen molar-refractivity contribution in [3.05, 3.63) is 24.3 Å². The molecule has 2 N–H and O–H groups in total. The molecule has 9 heteroatoms. The Balaban J connectivity index is 2.35. The maximum Gasteiger partial charge on any atom is 0.326 e. The average molecular weight is 387 g/mol. The topological polar surface area (TPSA) is 119 Å². The number of hydrogen-bond donors (Lipinski definition) is 2. The van der Waals surface area contributed by atoms with Gasteiger partial charge < -0.3 is 19.9 Å². The molecule has 146 valence electrons.